The van der Waals surface area contributed by atoms with Gasteiger partial charge in [0, 0.05) is 31.5 Å². The van der Waals surface area contributed by atoms with Gasteiger partial charge in [-0.3, -0.25) is 9.59 Å². The van der Waals surface area contributed by atoms with E-state index in [0.29, 0.717) is 32.7 Å². The van der Waals surface area contributed by atoms with Gasteiger partial charge in [-0.15, -0.1) is 0 Å². The average molecular weight is 660 g/mol. The maximum Gasteiger partial charge on any atom is 0.225 e. The van der Waals surface area contributed by atoms with Crippen LogP contribution in [0.5, 0.6) is 5.75 Å². The molecule has 1 aromatic rings. The molecule has 0 aliphatic heterocycles. The normalized spacial score (nSPS) is 12.5. The largest absolute Gasteiger partial charge is 0.493 e. The molecular formula is C42H65N3O3. The third-order valence-corrected chi connectivity index (χ3v) is 7.74. The van der Waals surface area contributed by atoms with Gasteiger partial charge in [0.1, 0.15) is 5.75 Å². The molecule has 0 saturated heterocycles. The topological polar surface area (TPSA) is 79.5 Å². The zero-order valence-electron chi connectivity index (χ0n) is 30.7. The van der Waals surface area contributed by atoms with Gasteiger partial charge in [-0.05, 0) is 102 Å². The van der Waals surface area contributed by atoms with Crippen LogP contribution >= 0.6 is 0 Å². The highest BCUT2D eigenvalue weighted by molar-refractivity contribution is 5.81. The summed E-state index contributed by atoms with van der Waals surface area (Å²) in [5.41, 5.74) is 1.87. The van der Waals surface area contributed by atoms with Crippen LogP contribution in [0.25, 0.3) is 0 Å². The van der Waals surface area contributed by atoms with Crippen molar-refractivity contribution in [3.05, 3.63) is 102 Å². The molecule has 48 heavy (non-hydrogen) atoms. The predicted molar refractivity (Wildman–Crippen MR) is 205 cm³/mol. The number of aryl methyl sites for hydroxylation is 2. The van der Waals surface area contributed by atoms with Crippen molar-refractivity contribution < 1.29 is 14.3 Å². The summed E-state index contributed by atoms with van der Waals surface area (Å²) in [5.74, 6) is 1.07. The van der Waals surface area contributed by atoms with Gasteiger partial charge in [0.15, 0.2) is 0 Å². The summed E-state index contributed by atoms with van der Waals surface area (Å²) in [6.07, 6.45) is 35.8. The molecular weight excluding hydrogens is 594 g/mol. The van der Waals surface area contributed by atoms with Crippen LogP contribution in [0.15, 0.2) is 91.1 Å². The number of hydrogen-bond acceptors (Lipinski definition) is 4. The van der Waals surface area contributed by atoms with Crippen molar-refractivity contribution >= 4 is 11.8 Å². The molecule has 0 fully saturated rings. The van der Waals surface area contributed by atoms with Gasteiger partial charge in [0.2, 0.25) is 11.8 Å². The fourth-order valence-corrected chi connectivity index (χ4v) is 4.68. The first-order valence-corrected chi connectivity index (χ1v) is 18.1. The van der Waals surface area contributed by atoms with Crippen molar-refractivity contribution in [3.63, 3.8) is 0 Å². The van der Waals surface area contributed by atoms with E-state index in [1.54, 1.807) is 0 Å². The standard InChI is InChI=1S/C42H65N3O3/c1-6-7-8-9-10-11-12-13-14-15-16-17-18-19-20-21-22-23-24-27-40(46)44-32-26-31-43-33-34-45-41(47)42(4,5)30-25-35-48-39-36-37(2)28-29-38(39)3/h7-8,10-11,13-14,16-17,19-20,22-23,28-29,36,43H,6,9,12,15,18,21,24-27,30-35H2,1-5H3,(H,44,46)(H,45,47). The van der Waals surface area contributed by atoms with Gasteiger partial charge in [-0.1, -0.05) is 106 Å². The van der Waals surface area contributed by atoms with E-state index >= 15 is 0 Å². The number of rotatable bonds is 27. The lowest BCUT2D eigenvalue weighted by atomic mass is 9.87. The summed E-state index contributed by atoms with van der Waals surface area (Å²) in [6, 6.07) is 6.21. The van der Waals surface area contributed by atoms with E-state index in [0.717, 1.165) is 82.1 Å². The Morgan fingerprint density at radius 2 is 1.29 bits per heavy atom. The van der Waals surface area contributed by atoms with Crippen LogP contribution < -0.4 is 20.7 Å². The Kier molecular flexibility index (Phi) is 25.1. The zero-order chi connectivity index (χ0) is 35.1. The van der Waals surface area contributed by atoms with Crippen LogP contribution in [-0.4, -0.2) is 44.6 Å². The number of nitrogens with one attached hydrogen (secondary N) is 3. The highest BCUT2D eigenvalue weighted by Crippen LogP contribution is 2.24. The molecule has 3 N–H and O–H groups in total. The van der Waals surface area contributed by atoms with Crippen molar-refractivity contribution in [1.82, 2.24) is 16.0 Å². The number of benzene rings is 1. The molecule has 1 rings (SSSR count). The summed E-state index contributed by atoms with van der Waals surface area (Å²) in [7, 11) is 0. The SMILES string of the molecule is CCC=CCC=CCC=CCC=CCC=CCC=CCCC(=O)NCCCNCCNC(=O)C(C)(C)CCCOc1cc(C)ccc1C. The summed E-state index contributed by atoms with van der Waals surface area (Å²) < 4.78 is 5.94. The zero-order valence-corrected chi connectivity index (χ0v) is 30.7. The second kappa shape index (κ2) is 28.4. The van der Waals surface area contributed by atoms with Crippen LogP contribution in [-0.2, 0) is 9.59 Å². The molecule has 6 heteroatoms. The first kappa shape index (κ1) is 42.4. The maximum atomic E-state index is 12.7. The summed E-state index contributed by atoms with van der Waals surface area (Å²) in [5, 5.41) is 9.37. The lowest BCUT2D eigenvalue weighted by Crippen LogP contribution is -2.40. The fraction of sp³-hybridized carbons (Fsp3) is 0.524. The van der Waals surface area contributed by atoms with E-state index in [1.807, 2.05) is 20.8 Å². The minimum atomic E-state index is -0.444. The number of amides is 2. The molecule has 266 valence electrons. The number of carbonyl (C=O) groups is 2. The van der Waals surface area contributed by atoms with Crippen LogP contribution in [0, 0.1) is 19.3 Å². The molecule has 0 saturated carbocycles. The highest BCUT2D eigenvalue weighted by Gasteiger charge is 2.26. The van der Waals surface area contributed by atoms with Crippen LogP contribution in [0.4, 0.5) is 0 Å². The molecule has 0 aromatic heterocycles. The molecule has 0 aliphatic carbocycles. The summed E-state index contributed by atoms with van der Waals surface area (Å²) in [6.45, 7) is 13.6. The minimum Gasteiger partial charge on any atom is -0.493 e. The van der Waals surface area contributed by atoms with Gasteiger partial charge < -0.3 is 20.7 Å². The molecule has 0 bridgehead atoms. The van der Waals surface area contributed by atoms with Gasteiger partial charge in [0.05, 0.1) is 6.61 Å². The first-order chi connectivity index (χ1) is 23.3. The lowest BCUT2D eigenvalue weighted by Gasteiger charge is -2.23. The van der Waals surface area contributed by atoms with E-state index in [1.165, 1.54) is 5.56 Å². The Hall–Kier alpha value is -3.64. The van der Waals surface area contributed by atoms with Crippen molar-refractivity contribution in [2.75, 3.05) is 32.8 Å². The van der Waals surface area contributed by atoms with Gasteiger partial charge >= 0.3 is 0 Å². The first-order valence-electron chi connectivity index (χ1n) is 18.1. The predicted octanol–water partition coefficient (Wildman–Crippen LogP) is 9.18. The minimum absolute atomic E-state index is 0.0650. The molecule has 0 aliphatic rings. The van der Waals surface area contributed by atoms with Crippen LogP contribution in [0.3, 0.4) is 0 Å². The van der Waals surface area contributed by atoms with Crippen molar-refractivity contribution in [2.45, 2.75) is 105 Å². The third kappa shape index (κ3) is 23.6. The van der Waals surface area contributed by atoms with Gasteiger partial charge in [-0.2, -0.15) is 0 Å². The van der Waals surface area contributed by atoms with Crippen molar-refractivity contribution in [3.8, 4) is 5.75 Å². The molecule has 2 amide bonds. The van der Waals surface area contributed by atoms with E-state index in [4.69, 9.17) is 4.74 Å². The summed E-state index contributed by atoms with van der Waals surface area (Å²) >= 11 is 0. The second-order valence-corrected chi connectivity index (χ2v) is 12.8. The Morgan fingerprint density at radius 1 is 0.708 bits per heavy atom. The van der Waals surface area contributed by atoms with Gasteiger partial charge in [-0.25, -0.2) is 0 Å². The molecule has 0 radical (unpaired) electrons. The number of hydrogen-bond donors (Lipinski definition) is 3. The molecule has 1 aromatic carbocycles. The van der Waals surface area contributed by atoms with Gasteiger partial charge in [0.25, 0.3) is 0 Å². The van der Waals surface area contributed by atoms with E-state index < -0.39 is 5.41 Å². The van der Waals surface area contributed by atoms with E-state index in [-0.39, 0.29) is 11.8 Å². The third-order valence-electron chi connectivity index (χ3n) is 7.74. The monoisotopic (exact) mass is 660 g/mol. The number of allylic oxidation sites excluding steroid dienone is 12. The fourth-order valence-electron chi connectivity index (χ4n) is 4.68. The Bertz CT molecular complexity index is 1190. The molecule has 6 nitrogen and oxygen atoms in total. The Labute approximate surface area is 293 Å². The number of carbonyl (C=O) groups excluding carboxylic acids is 2. The highest BCUT2D eigenvalue weighted by atomic mass is 16.5. The van der Waals surface area contributed by atoms with Crippen LogP contribution in [0.1, 0.15) is 103 Å². The van der Waals surface area contributed by atoms with E-state index in [9.17, 15) is 9.59 Å². The Balaban J connectivity index is 1.97. The van der Waals surface area contributed by atoms with Crippen molar-refractivity contribution in [1.29, 1.82) is 0 Å². The molecule has 0 unspecified atom stereocenters. The quantitative estimate of drug-likeness (QED) is 0.0650. The molecule has 0 heterocycles. The van der Waals surface area contributed by atoms with Crippen molar-refractivity contribution in [2.24, 2.45) is 5.41 Å². The smallest absolute Gasteiger partial charge is 0.225 e. The Morgan fingerprint density at radius 3 is 1.90 bits per heavy atom. The van der Waals surface area contributed by atoms with E-state index in [2.05, 4.69) is 121 Å². The molecule has 0 spiro atoms. The van der Waals surface area contributed by atoms with Crippen LogP contribution in [0.2, 0.25) is 0 Å². The maximum absolute atomic E-state index is 12.7. The average Bonchev–Trinajstić information content (AvgIpc) is 3.06. The number of ether oxygens (including phenoxy) is 1. The second-order valence-electron chi connectivity index (χ2n) is 12.8. The summed E-state index contributed by atoms with van der Waals surface area (Å²) in [4.78, 5) is 24.7. The molecule has 0 atom stereocenters. The lowest BCUT2D eigenvalue weighted by molar-refractivity contribution is -0.129.